The minimum absolute atomic E-state index is 0.00812. The van der Waals surface area contributed by atoms with Gasteiger partial charge in [-0.25, -0.2) is 4.79 Å². The lowest BCUT2D eigenvalue weighted by molar-refractivity contribution is 0.256. The van der Waals surface area contributed by atoms with Crippen LogP contribution in [0.15, 0.2) is 54.6 Å². The van der Waals surface area contributed by atoms with Crippen LogP contribution in [0.4, 0.5) is 16.2 Å². The molecule has 20 heavy (non-hydrogen) atoms. The van der Waals surface area contributed by atoms with Gasteiger partial charge in [0.2, 0.25) is 0 Å². The van der Waals surface area contributed by atoms with Gasteiger partial charge in [-0.3, -0.25) is 9.80 Å². The summed E-state index contributed by atoms with van der Waals surface area (Å²) in [6, 6.07) is 17.5. The minimum atomic E-state index is 0.00812. The molecule has 0 atom stereocenters. The van der Waals surface area contributed by atoms with Crippen LogP contribution in [0.1, 0.15) is 5.56 Å². The summed E-state index contributed by atoms with van der Waals surface area (Å²) < 4.78 is 0. The predicted octanol–water partition coefficient (Wildman–Crippen LogP) is 3.87. The minimum Gasteiger partial charge on any atom is -0.292 e. The molecule has 0 radical (unpaired) electrons. The van der Waals surface area contributed by atoms with Crippen molar-refractivity contribution in [2.24, 2.45) is 0 Å². The van der Waals surface area contributed by atoms with E-state index in [2.05, 4.69) is 0 Å². The van der Waals surface area contributed by atoms with Crippen LogP contribution in [0, 0.1) is 0 Å². The fraction of sp³-hybridized carbons (Fsp3) is 0.188. The van der Waals surface area contributed by atoms with E-state index in [1.807, 2.05) is 54.6 Å². The number of para-hydroxylation sites is 2. The van der Waals surface area contributed by atoms with E-state index >= 15 is 0 Å². The summed E-state index contributed by atoms with van der Waals surface area (Å²) in [7, 11) is 0. The molecule has 0 bridgehead atoms. The third-order valence-electron chi connectivity index (χ3n) is 3.50. The smallest absolute Gasteiger partial charge is 0.292 e. The highest BCUT2D eigenvalue weighted by Gasteiger charge is 2.31. The fourth-order valence-corrected chi connectivity index (χ4v) is 2.72. The topological polar surface area (TPSA) is 23.6 Å². The van der Waals surface area contributed by atoms with Gasteiger partial charge in [-0.15, -0.1) is 11.6 Å². The summed E-state index contributed by atoms with van der Waals surface area (Å²) in [6.45, 7) is 1.38. The third kappa shape index (κ3) is 2.25. The number of benzene rings is 2. The van der Waals surface area contributed by atoms with Gasteiger partial charge in [-0.2, -0.15) is 0 Å². The lowest BCUT2D eigenvalue weighted by atomic mass is 10.2. The van der Waals surface area contributed by atoms with Crippen LogP contribution < -0.4 is 9.80 Å². The summed E-state index contributed by atoms with van der Waals surface area (Å²) in [5.74, 6) is 0.408. The molecule has 0 unspecified atom stereocenters. The van der Waals surface area contributed by atoms with Crippen molar-refractivity contribution < 1.29 is 4.79 Å². The van der Waals surface area contributed by atoms with E-state index in [1.165, 1.54) is 0 Å². The number of nitrogens with zero attached hydrogens (tertiary/aromatic N) is 2. The SMILES string of the molecule is O=C1N(c2ccccc2)CCN1c1ccccc1CCl. The van der Waals surface area contributed by atoms with Crippen molar-refractivity contribution >= 4 is 29.0 Å². The summed E-state index contributed by atoms with van der Waals surface area (Å²) in [5, 5.41) is 0. The molecule has 0 aliphatic carbocycles. The number of carbonyl (C=O) groups is 1. The Morgan fingerprint density at radius 2 is 1.55 bits per heavy atom. The standard InChI is InChI=1S/C16H15ClN2O/c17-12-13-6-4-5-9-15(13)19-11-10-18(16(19)20)14-7-2-1-3-8-14/h1-9H,10-12H2. The normalized spacial score (nSPS) is 14.9. The third-order valence-corrected chi connectivity index (χ3v) is 3.79. The van der Waals surface area contributed by atoms with Crippen LogP contribution in [0.5, 0.6) is 0 Å². The Balaban J connectivity index is 1.89. The molecule has 0 aromatic heterocycles. The Morgan fingerprint density at radius 3 is 2.30 bits per heavy atom. The second kappa shape index (κ2) is 5.55. The highest BCUT2D eigenvalue weighted by Crippen LogP contribution is 2.28. The molecule has 3 nitrogen and oxygen atoms in total. The molecule has 1 aliphatic heterocycles. The van der Waals surface area contributed by atoms with Gasteiger partial charge in [0, 0.05) is 30.3 Å². The first-order chi connectivity index (χ1) is 9.81. The Labute approximate surface area is 123 Å². The predicted molar refractivity (Wildman–Crippen MR) is 82.5 cm³/mol. The zero-order chi connectivity index (χ0) is 13.9. The Hall–Kier alpha value is -2.00. The molecule has 4 heteroatoms. The first-order valence-electron chi connectivity index (χ1n) is 6.59. The molecule has 0 spiro atoms. The van der Waals surface area contributed by atoms with Gasteiger partial charge in [-0.1, -0.05) is 36.4 Å². The van der Waals surface area contributed by atoms with Crippen molar-refractivity contribution in [2.45, 2.75) is 5.88 Å². The average Bonchev–Trinajstić information content (AvgIpc) is 2.89. The van der Waals surface area contributed by atoms with E-state index in [0.29, 0.717) is 19.0 Å². The van der Waals surface area contributed by atoms with Gasteiger partial charge in [0.1, 0.15) is 0 Å². The molecule has 1 saturated heterocycles. The molecule has 1 aliphatic rings. The van der Waals surface area contributed by atoms with E-state index in [4.69, 9.17) is 11.6 Å². The van der Waals surface area contributed by atoms with Gasteiger partial charge in [0.25, 0.3) is 0 Å². The van der Waals surface area contributed by atoms with E-state index in [9.17, 15) is 4.79 Å². The lowest BCUT2D eigenvalue weighted by Crippen LogP contribution is -2.32. The number of urea groups is 1. The van der Waals surface area contributed by atoms with Gasteiger partial charge in [0.15, 0.2) is 0 Å². The number of alkyl halides is 1. The zero-order valence-corrected chi connectivity index (χ0v) is 11.8. The summed E-state index contributed by atoms with van der Waals surface area (Å²) in [4.78, 5) is 16.2. The van der Waals surface area contributed by atoms with Crippen molar-refractivity contribution in [3.63, 3.8) is 0 Å². The maximum atomic E-state index is 12.6. The molecule has 0 N–H and O–H groups in total. The number of hydrogen-bond acceptors (Lipinski definition) is 1. The van der Waals surface area contributed by atoms with Crippen LogP contribution >= 0.6 is 11.6 Å². The molecule has 0 saturated carbocycles. The van der Waals surface area contributed by atoms with Gasteiger partial charge in [0.05, 0.1) is 0 Å². The van der Waals surface area contributed by atoms with E-state index in [-0.39, 0.29) is 6.03 Å². The monoisotopic (exact) mass is 286 g/mol. The van der Waals surface area contributed by atoms with Gasteiger partial charge in [-0.05, 0) is 23.8 Å². The van der Waals surface area contributed by atoms with Crippen LogP contribution in [-0.2, 0) is 5.88 Å². The lowest BCUT2D eigenvalue weighted by Gasteiger charge is -2.20. The van der Waals surface area contributed by atoms with E-state index < -0.39 is 0 Å². The molecule has 2 aromatic rings. The molecule has 2 amide bonds. The van der Waals surface area contributed by atoms with Crippen molar-refractivity contribution in [3.8, 4) is 0 Å². The Kier molecular flexibility index (Phi) is 3.61. The molecule has 2 aromatic carbocycles. The zero-order valence-electron chi connectivity index (χ0n) is 11.0. The van der Waals surface area contributed by atoms with Crippen LogP contribution in [-0.4, -0.2) is 19.1 Å². The number of halogens is 1. The molecular weight excluding hydrogens is 272 g/mol. The average molecular weight is 287 g/mol. The molecule has 102 valence electrons. The molecule has 3 rings (SSSR count). The van der Waals surface area contributed by atoms with Crippen molar-refractivity contribution in [1.82, 2.24) is 0 Å². The first kappa shape index (κ1) is 13.0. The van der Waals surface area contributed by atoms with Gasteiger partial charge >= 0.3 is 6.03 Å². The number of rotatable bonds is 3. The quantitative estimate of drug-likeness (QED) is 0.786. The number of hydrogen-bond donors (Lipinski definition) is 0. The molecule has 1 heterocycles. The molecular formula is C16H15ClN2O. The first-order valence-corrected chi connectivity index (χ1v) is 7.12. The van der Waals surface area contributed by atoms with Crippen molar-refractivity contribution in [3.05, 3.63) is 60.2 Å². The Morgan fingerprint density at radius 1 is 0.900 bits per heavy atom. The van der Waals surface area contributed by atoms with Crippen molar-refractivity contribution in [1.29, 1.82) is 0 Å². The summed E-state index contributed by atoms with van der Waals surface area (Å²) >= 11 is 5.96. The molecule has 1 fully saturated rings. The number of anilines is 2. The summed E-state index contributed by atoms with van der Waals surface area (Å²) in [5.41, 5.74) is 2.83. The number of amides is 2. The highest BCUT2D eigenvalue weighted by atomic mass is 35.5. The van der Waals surface area contributed by atoms with Crippen LogP contribution in [0.25, 0.3) is 0 Å². The highest BCUT2D eigenvalue weighted by molar-refractivity contribution is 6.18. The van der Waals surface area contributed by atoms with E-state index in [1.54, 1.807) is 9.80 Å². The van der Waals surface area contributed by atoms with Crippen molar-refractivity contribution in [2.75, 3.05) is 22.9 Å². The van der Waals surface area contributed by atoms with Gasteiger partial charge < -0.3 is 0 Å². The summed E-state index contributed by atoms with van der Waals surface area (Å²) in [6.07, 6.45) is 0. The second-order valence-corrected chi connectivity index (χ2v) is 4.95. The maximum Gasteiger partial charge on any atom is 0.329 e. The number of carbonyl (C=O) groups excluding carboxylic acids is 1. The maximum absolute atomic E-state index is 12.6. The van der Waals surface area contributed by atoms with Crippen LogP contribution in [0.2, 0.25) is 0 Å². The largest absolute Gasteiger partial charge is 0.329 e. The fourth-order valence-electron chi connectivity index (χ4n) is 2.50. The second-order valence-electron chi connectivity index (χ2n) is 4.68. The van der Waals surface area contributed by atoms with E-state index in [0.717, 1.165) is 16.9 Å². The Bertz CT molecular complexity index is 615. The van der Waals surface area contributed by atoms with Crippen LogP contribution in [0.3, 0.4) is 0 Å².